The second-order valence-corrected chi connectivity index (χ2v) is 2.47. The van der Waals surface area contributed by atoms with Crippen LogP contribution in [0.2, 0.25) is 0 Å². The maximum absolute atomic E-state index is 10.1. The maximum atomic E-state index is 10.1. The minimum atomic E-state index is -2.40. The van der Waals surface area contributed by atoms with E-state index in [0.717, 1.165) is 12.8 Å². The van der Waals surface area contributed by atoms with Crippen LogP contribution in [0, 0.1) is 0 Å². The van der Waals surface area contributed by atoms with Gasteiger partial charge in [0.2, 0.25) is 0 Å². The number of hydrogen-bond donors (Lipinski definition) is 1. The lowest BCUT2D eigenvalue weighted by Gasteiger charge is -2.07. The van der Waals surface area contributed by atoms with Crippen LogP contribution in [0.1, 0.15) is 26.7 Å². The topological polar surface area (TPSA) is 46.5 Å². The SMILES string of the molecule is CCC(CC)O[P](=O)O. The second-order valence-electron chi connectivity index (χ2n) is 1.78. The lowest BCUT2D eigenvalue weighted by atomic mass is 10.2. The highest BCUT2D eigenvalue weighted by molar-refractivity contribution is 7.32. The quantitative estimate of drug-likeness (QED) is 0.623. The van der Waals surface area contributed by atoms with E-state index < -0.39 is 8.25 Å². The van der Waals surface area contributed by atoms with Crippen molar-refractivity contribution in [2.75, 3.05) is 0 Å². The Bertz CT molecular complexity index is 90.2. The van der Waals surface area contributed by atoms with E-state index in [2.05, 4.69) is 4.52 Å². The predicted molar refractivity (Wildman–Crippen MR) is 35.3 cm³/mol. The first kappa shape index (κ1) is 9.02. The van der Waals surface area contributed by atoms with Crippen molar-refractivity contribution >= 4 is 8.25 Å². The summed E-state index contributed by atoms with van der Waals surface area (Å²) in [5, 5.41) is 0. The van der Waals surface area contributed by atoms with Crippen LogP contribution in [-0.2, 0) is 9.09 Å². The van der Waals surface area contributed by atoms with E-state index in [0.29, 0.717) is 0 Å². The van der Waals surface area contributed by atoms with Gasteiger partial charge in [-0.25, -0.2) is 4.57 Å². The van der Waals surface area contributed by atoms with E-state index >= 15 is 0 Å². The van der Waals surface area contributed by atoms with Crippen LogP contribution in [0.4, 0.5) is 0 Å². The van der Waals surface area contributed by atoms with Crippen LogP contribution in [0.5, 0.6) is 0 Å². The van der Waals surface area contributed by atoms with Gasteiger partial charge >= 0.3 is 8.25 Å². The summed E-state index contributed by atoms with van der Waals surface area (Å²) in [6.45, 7) is 3.85. The molecule has 0 bridgehead atoms. The van der Waals surface area contributed by atoms with E-state index in [4.69, 9.17) is 4.89 Å². The van der Waals surface area contributed by atoms with Crippen molar-refractivity contribution in [2.24, 2.45) is 0 Å². The van der Waals surface area contributed by atoms with Gasteiger partial charge in [-0.3, -0.25) is 9.42 Å². The third-order valence-electron chi connectivity index (χ3n) is 1.15. The monoisotopic (exact) mass is 151 g/mol. The fourth-order valence-electron chi connectivity index (χ4n) is 0.565. The Morgan fingerprint density at radius 3 is 2.11 bits per heavy atom. The molecule has 0 amide bonds. The van der Waals surface area contributed by atoms with Gasteiger partial charge in [0.1, 0.15) is 0 Å². The number of hydrogen-bond acceptors (Lipinski definition) is 2. The first-order chi connectivity index (χ1) is 4.20. The minimum absolute atomic E-state index is 0.0568. The molecule has 0 spiro atoms. The zero-order valence-corrected chi connectivity index (χ0v) is 6.60. The van der Waals surface area contributed by atoms with Crippen molar-refractivity contribution in [3.05, 3.63) is 0 Å². The predicted octanol–water partition coefficient (Wildman–Crippen LogP) is 1.84. The maximum Gasteiger partial charge on any atom is 0.366 e. The van der Waals surface area contributed by atoms with Gasteiger partial charge in [-0.2, -0.15) is 0 Å². The molecule has 0 heterocycles. The molecular formula is C5H12O3P. The molecule has 1 atom stereocenters. The average Bonchev–Trinajstić information content (AvgIpc) is 1.82. The minimum Gasteiger partial charge on any atom is -0.298 e. The summed E-state index contributed by atoms with van der Waals surface area (Å²) < 4.78 is 14.7. The molecule has 0 aliphatic heterocycles. The molecule has 0 aliphatic carbocycles. The molecule has 0 saturated carbocycles. The molecular weight excluding hydrogens is 139 g/mol. The van der Waals surface area contributed by atoms with Gasteiger partial charge in [0.25, 0.3) is 0 Å². The highest BCUT2D eigenvalue weighted by Crippen LogP contribution is 2.20. The van der Waals surface area contributed by atoms with Crippen molar-refractivity contribution in [1.29, 1.82) is 0 Å². The molecule has 0 saturated heterocycles. The van der Waals surface area contributed by atoms with E-state index in [1.54, 1.807) is 0 Å². The normalized spacial score (nSPS) is 12.2. The van der Waals surface area contributed by atoms with Crippen LogP contribution < -0.4 is 0 Å². The van der Waals surface area contributed by atoms with Crippen LogP contribution in [0.25, 0.3) is 0 Å². The van der Waals surface area contributed by atoms with Crippen LogP contribution in [0.15, 0.2) is 0 Å². The summed E-state index contributed by atoms with van der Waals surface area (Å²) in [5.41, 5.74) is 0. The van der Waals surface area contributed by atoms with Gasteiger partial charge in [-0.15, -0.1) is 0 Å². The van der Waals surface area contributed by atoms with Gasteiger partial charge in [0, 0.05) is 0 Å². The highest BCUT2D eigenvalue weighted by atomic mass is 31.1. The average molecular weight is 151 g/mol. The van der Waals surface area contributed by atoms with E-state index in [-0.39, 0.29) is 6.10 Å². The fourth-order valence-corrected chi connectivity index (χ4v) is 1.12. The zero-order valence-electron chi connectivity index (χ0n) is 5.70. The molecule has 0 aromatic heterocycles. The van der Waals surface area contributed by atoms with E-state index in [9.17, 15) is 4.57 Å². The zero-order chi connectivity index (χ0) is 7.28. The molecule has 1 radical (unpaired) electrons. The Morgan fingerprint density at radius 2 is 2.00 bits per heavy atom. The summed E-state index contributed by atoms with van der Waals surface area (Å²) >= 11 is 0. The third-order valence-corrected chi connectivity index (χ3v) is 1.63. The third kappa shape index (κ3) is 4.52. The summed E-state index contributed by atoms with van der Waals surface area (Å²) in [6.07, 6.45) is 1.52. The van der Waals surface area contributed by atoms with Crippen molar-refractivity contribution in [2.45, 2.75) is 32.8 Å². The molecule has 9 heavy (non-hydrogen) atoms. The Labute approximate surface area is 56.0 Å². The molecule has 0 fully saturated rings. The second kappa shape index (κ2) is 4.86. The molecule has 1 N–H and O–H groups in total. The Balaban J connectivity index is 3.43. The van der Waals surface area contributed by atoms with Crippen molar-refractivity contribution in [1.82, 2.24) is 0 Å². The van der Waals surface area contributed by atoms with Crippen molar-refractivity contribution in [3.63, 3.8) is 0 Å². The van der Waals surface area contributed by atoms with Crippen molar-refractivity contribution < 1.29 is 14.0 Å². The molecule has 4 heteroatoms. The van der Waals surface area contributed by atoms with Gasteiger partial charge in [0.05, 0.1) is 6.10 Å². The van der Waals surface area contributed by atoms with Crippen LogP contribution >= 0.6 is 8.25 Å². The van der Waals surface area contributed by atoms with Gasteiger partial charge < -0.3 is 0 Å². The Hall–Kier alpha value is 0.0200. The largest absolute Gasteiger partial charge is 0.366 e. The molecule has 55 valence electrons. The summed E-state index contributed by atoms with van der Waals surface area (Å²) in [5.74, 6) is 0. The first-order valence-corrected chi connectivity index (χ1v) is 4.16. The van der Waals surface area contributed by atoms with E-state index in [1.807, 2.05) is 13.8 Å². The number of rotatable bonds is 4. The summed E-state index contributed by atoms with van der Waals surface area (Å²) in [4.78, 5) is 8.27. The molecule has 0 aliphatic rings. The first-order valence-electron chi connectivity index (χ1n) is 3.03. The van der Waals surface area contributed by atoms with Gasteiger partial charge in [-0.05, 0) is 12.8 Å². The van der Waals surface area contributed by atoms with Crippen molar-refractivity contribution in [3.8, 4) is 0 Å². The lowest BCUT2D eigenvalue weighted by molar-refractivity contribution is 0.180. The van der Waals surface area contributed by atoms with E-state index in [1.165, 1.54) is 0 Å². The smallest absolute Gasteiger partial charge is 0.298 e. The van der Waals surface area contributed by atoms with Gasteiger partial charge in [0.15, 0.2) is 0 Å². The standard InChI is InChI=1S/C5H12O3P/c1-3-5(4-2)8-9(6)7/h5H,3-4H2,1-2H3,(H,6,7). The molecule has 0 aromatic carbocycles. The highest BCUT2D eigenvalue weighted by Gasteiger charge is 2.05. The molecule has 0 aromatic rings. The lowest BCUT2D eigenvalue weighted by Crippen LogP contribution is -2.04. The summed E-state index contributed by atoms with van der Waals surface area (Å²) in [7, 11) is -2.40. The van der Waals surface area contributed by atoms with Gasteiger partial charge in [-0.1, -0.05) is 13.8 Å². The molecule has 3 nitrogen and oxygen atoms in total. The molecule has 0 rings (SSSR count). The summed E-state index contributed by atoms with van der Waals surface area (Å²) in [6, 6.07) is 0. The molecule has 1 unspecified atom stereocenters. The van der Waals surface area contributed by atoms with Crippen LogP contribution in [-0.4, -0.2) is 11.0 Å². The fraction of sp³-hybridized carbons (Fsp3) is 1.00. The Kier molecular flexibility index (Phi) is 4.87. The van der Waals surface area contributed by atoms with Crippen LogP contribution in [0.3, 0.4) is 0 Å². The Morgan fingerprint density at radius 1 is 1.56 bits per heavy atom.